The van der Waals surface area contributed by atoms with Crippen molar-refractivity contribution in [2.45, 2.75) is 48.5 Å². The van der Waals surface area contributed by atoms with Crippen LogP contribution in [0.15, 0.2) is 76.6 Å². The first-order chi connectivity index (χ1) is 21.6. The van der Waals surface area contributed by atoms with Crippen molar-refractivity contribution in [3.8, 4) is 5.75 Å². The lowest BCUT2D eigenvalue weighted by Crippen LogP contribution is -2.53. The topological polar surface area (TPSA) is 116 Å². The van der Waals surface area contributed by atoms with Crippen molar-refractivity contribution in [2.75, 3.05) is 69.0 Å². The van der Waals surface area contributed by atoms with Crippen molar-refractivity contribution in [3.63, 3.8) is 0 Å². The third-order valence-electron chi connectivity index (χ3n) is 9.43. The number of hydrogen-bond acceptors (Lipinski definition) is 10. The van der Waals surface area contributed by atoms with Gasteiger partial charge >= 0.3 is 0 Å². The van der Waals surface area contributed by atoms with Gasteiger partial charge in [0, 0.05) is 60.8 Å². The quantitative estimate of drug-likeness (QED) is 0.354. The van der Waals surface area contributed by atoms with Gasteiger partial charge in [-0.25, -0.2) is 13.4 Å². The lowest BCUT2D eigenvalue weighted by atomic mass is 9.90. The summed E-state index contributed by atoms with van der Waals surface area (Å²) in [5.74, 6) is 1.07. The molecule has 10 nitrogen and oxygen atoms in total. The number of piperidine rings is 1. The zero-order valence-corrected chi connectivity index (χ0v) is 27.5. The highest BCUT2D eigenvalue weighted by Gasteiger charge is 2.40. The van der Waals surface area contributed by atoms with Gasteiger partial charge in [-0.2, -0.15) is 0 Å². The molecule has 0 radical (unpaired) electrons. The fourth-order valence-corrected chi connectivity index (χ4v) is 7.98. The van der Waals surface area contributed by atoms with E-state index in [9.17, 15) is 8.42 Å². The van der Waals surface area contributed by atoms with Crippen LogP contribution >= 0.6 is 0 Å². The molecule has 4 N–H and O–H groups in total. The van der Waals surface area contributed by atoms with Crippen LogP contribution in [0, 0.1) is 0 Å². The number of para-hydroxylation sites is 1. The first kappa shape index (κ1) is 31.3. The zero-order chi connectivity index (χ0) is 31.8. The number of benzene rings is 3. The molecule has 2 fully saturated rings. The molecule has 6 rings (SSSR count). The lowest BCUT2D eigenvalue weighted by molar-refractivity contribution is 0.115. The van der Waals surface area contributed by atoms with Gasteiger partial charge < -0.3 is 25.2 Å². The highest BCUT2D eigenvalue weighted by molar-refractivity contribution is 7.92. The normalized spacial score (nSPS) is 21.6. The molecule has 45 heavy (non-hydrogen) atoms. The van der Waals surface area contributed by atoms with E-state index in [4.69, 9.17) is 15.5 Å². The Kier molecular flexibility index (Phi) is 8.80. The number of likely N-dealkylation sites (tertiary alicyclic amines) is 1. The van der Waals surface area contributed by atoms with Gasteiger partial charge in [-0.05, 0) is 71.1 Å². The summed E-state index contributed by atoms with van der Waals surface area (Å²) in [6.07, 6.45) is 2.49. The second-order valence-electron chi connectivity index (χ2n) is 12.6. The molecular formula is C34H45N7O3S. The van der Waals surface area contributed by atoms with Gasteiger partial charge in [-0.1, -0.05) is 36.4 Å². The smallest absolute Gasteiger partial charge is 0.202 e. The highest BCUT2D eigenvalue weighted by Crippen LogP contribution is 2.41. The van der Waals surface area contributed by atoms with Gasteiger partial charge in [0.05, 0.1) is 22.9 Å². The summed E-state index contributed by atoms with van der Waals surface area (Å²) >= 11 is 0. The van der Waals surface area contributed by atoms with Crippen LogP contribution in [-0.2, 0) is 15.5 Å². The van der Waals surface area contributed by atoms with Crippen molar-refractivity contribution in [1.82, 2.24) is 9.80 Å². The number of rotatable bonds is 7. The van der Waals surface area contributed by atoms with Crippen LogP contribution in [0.2, 0.25) is 0 Å². The molecule has 11 heteroatoms. The molecule has 3 aromatic rings. The molecule has 240 valence electrons. The number of ether oxygens (including phenoxy) is 1. The maximum absolute atomic E-state index is 13.4. The summed E-state index contributed by atoms with van der Waals surface area (Å²) in [5, 5.41) is 6.13. The molecule has 0 spiro atoms. The Bertz CT molecular complexity index is 1660. The summed E-state index contributed by atoms with van der Waals surface area (Å²) < 4.78 is 32.7. The van der Waals surface area contributed by atoms with Crippen LogP contribution in [0.1, 0.15) is 37.8 Å². The Labute approximate surface area is 267 Å². The van der Waals surface area contributed by atoms with Crippen molar-refractivity contribution >= 4 is 32.9 Å². The van der Waals surface area contributed by atoms with E-state index in [0.29, 0.717) is 28.9 Å². The molecule has 0 aliphatic carbocycles. The molecule has 3 aromatic carbocycles. The minimum absolute atomic E-state index is 0.181. The predicted octanol–water partition coefficient (Wildman–Crippen LogP) is 4.15. The lowest BCUT2D eigenvalue weighted by Gasteiger charge is -2.43. The second-order valence-corrected chi connectivity index (χ2v) is 15.0. The van der Waals surface area contributed by atoms with E-state index in [1.807, 2.05) is 30.3 Å². The van der Waals surface area contributed by atoms with Gasteiger partial charge in [0.1, 0.15) is 5.75 Å². The van der Waals surface area contributed by atoms with E-state index in [2.05, 4.69) is 44.5 Å². The number of nitrogens with two attached hydrogens (primary N) is 1. The number of hydrogen-bond donors (Lipinski definition) is 3. The van der Waals surface area contributed by atoms with E-state index in [0.717, 1.165) is 43.2 Å². The van der Waals surface area contributed by atoms with E-state index in [1.54, 1.807) is 45.2 Å². The van der Waals surface area contributed by atoms with Gasteiger partial charge in [0.2, 0.25) is 5.96 Å². The zero-order valence-electron chi connectivity index (χ0n) is 26.7. The van der Waals surface area contributed by atoms with Crippen LogP contribution in [0.3, 0.4) is 0 Å². The molecule has 0 aromatic heterocycles. The molecule has 0 bridgehead atoms. The molecule has 2 saturated heterocycles. The Morgan fingerprint density at radius 2 is 1.62 bits per heavy atom. The largest absolute Gasteiger partial charge is 0.494 e. The van der Waals surface area contributed by atoms with Crippen LogP contribution in [0.4, 0.5) is 17.1 Å². The SMILES string of the molecule is COc1cc(N2CCN(C3CCN(C)CC3)CC2)ccc1NC1=NC(N)(c2ccccc2S(=O)(=O)C(C)C)c2ccccc2N1. The maximum atomic E-state index is 13.4. The fourth-order valence-electron chi connectivity index (χ4n) is 6.68. The molecule has 1 atom stereocenters. The standard InChI is InChI=1S/C34H45N7O3S/c1-24(2)45(42,43)32-12-8-6-10-28(32)34(35)27-9-5-7-11-29(27)36-33(38-34)37-30-14-13-26(23-31(30)44-4)41-21-19-40(20-22-41)25-15-17-39(3)18-16-25/h5-14,23-25H,15-22,35H2,1-4H3,(H2,36,37,38). The minimum Gasteiger partial charge on any atom is -0.494 e. The number of nitrogens with zero attached hydrogens (tertiary/aromatic N) is 4. The average molecular weight is 632 g/mol. The average Bonchev–Trinajstić information content (AvgIpc) is 3.05. The Morgan fingerprint density at radius 3 is 2.31 bits per heavy atom. The predicted molar refractivity (Wildman–Crippen MR) is 182 cm³/mol. The molecule has 1 unspecified atom stereocenters. The van der Waals surface area contributed by atoms with Crippen LogP contribution in [0.25, 0.3) is 0 Å². The van der Waals surface area contributed by atoms with Gasteiger partial charge in [-0.15, -0.1) is 0 Å². The summed E-state index contributed by atoms with van der Waals surface area (Å²) in [5.41, 5.74) is 9.36. The Balaban J connectivity index is 1.26. The Morgan fingerprint density at radius 1 is 0.956 bits per heavy atom. The van der Waals surface area contributed by atoms with Crippen LogP contribution in [-0.4, -0.2) is 88.9 Å². The summed E-state index contributed by atoms with van der Waals surface area (Å²) in [7, 11) is 0.239. The second kappa shape index (κ2) is 12.6. The molecule has 3 heterocycles. The Hall–Kier alpha value is -3.64. The summed E-state index contributed by atoms with van der Waals surface area (Å²) in [6, 6.07) is 21.3. The van der Waals surface area contributed by atoms with E-state index >= 15 is 0 Å². The van der Waals surface area contributed by atoms with E-state index in [-0.39, 0.29) is 4.90 Å². The monoisotopic (exact) mass is 631 g/mol. The van der Waals surface area contributed by atoms with E-state index in [1.165, 1.54) is 25.9 Å². The van der Waals surface area contributed by atoms with Gasteiger partial charge in [0.25, 0.3) is 0 Å². The summed E-state index contributed by atoms with van der Waals surface area (Å²) in [4.78, 5) is 12.6. The number of methoxy groups -OCH3 is 1. The van der Waals surface area contributed by atoms with Crippen molar-refractivity contribution in [1.29, 1.82) is 0 Å². The number of fused-ring (bicyclic) bond motifs is 1. The van der Waals surface area contributed by atoms with E-state index < -0.39 is 20.8 Å². The maximum Gasteiger partial charge on any atom is 0.202 e. The molecule has 0 amide bonds. The molecule has 0 saturated carbocycles. The minimum atomic E-state index is -3.63. The van der Waals surface area contributed by atoms with Crippen LogP contribution in [0.5, 0.6) is 5.75 Å². The van der Waals surface area contributed by atoms with Crippen molar-refractivity contribution in [3.05, 3.63) is 77.9 Å². The summed E-state index contributed by atoms with van der Waals surface area (Å²) in [6.45, 7) is 9.77. The number of piperazine rings is 1. The third kappa shape index (κ3) is 6.14. The number of aliphatic imine (C=N–C) groups is 1. The number of nitrogens with one attached hydrogen (secondary N) is 2. The van der Waals surface area contributed by atoms with Crippen LogP contribution < -0.4 is 26.0 Å². The highest BCUT2D eigenvalue weighted by atomic mass is 32.2. The fraction of sp³-hybridized carbons (Fsp3) is 0.441. The molecule has 3 aliphatic heterocycles. The number of guanidine groups is 1. The first-order valence-electron chi connectivity index (χ1n) is 15.8. The number of sulfone groups is 1. The molecule has 3 aliphatic rings. The van der Waals surface area contributed by atoms with Gasteiger partial charge in [-0.3, -0.25) is 10.6 Å². The third-order valence-corrected chi connectivity index (χ3v) is 11.6. The molecular weight excluding hydrogens is 586 g/mol. The van der Waals surface area contributed by atoms with Crippen molar-refractivity contribution < 1.29 is 13.2 Å². The van der Waals surface area contributed by atoms with Gasteiger partial charge in [0.15, 0.2) is 15.5 Å². The first-order valence-corrected chi connectivity index (χ1v) is 17.4. The van der Waals surface area contributed by atoms with Crippen molar-refractivity contribution in [2.24, 2.45) is 10.7 Å². The number of anilines is 3.